The molecule has 0 aliphatic rings. The normalized spacial score (nSPS) is 10.2. The quantitative estimate of drug-likeness (QED) is 0.688. The molecule has 20 heavy (non-hydrogen) atoms. The fraction of sp³-hybridized carbons (Fsp3) is 0.0625. The summed E-state index contributed by atoms with van der Waals surface area (Å²) in [6.45, 7) is 2.07. The lowest BCUT2D eigenvalue weighted by Gasteiger charge is -2.09. The third-order valence-corrected chi connectivity index (χ3v) is 3.78. The summed E-state index contributed by atoms with van der Waals surface area (Å²) < 4.78 is 0. The Kier molecular flexibility index (Phi) is 3.65. The van der Waals surface area contributed by atoms with Gasteiger partial charge in [-0.15, -0.1) is 11.3 Å². The predicted octanol–water partition coefficient (Wildman–Crippen LogP) is 4.56. The monoisotopic (exact) mass is 281 g/mol. The zero-order valence-corrected chi connectivity index (χ0v) is 11.9. The van der Waals surface area contributed by atoms with Gasteiger partial charge in [-0.1, -0.05) is 48.5 Å². The van der Waals surface area contributed by atoms with Gasteiger partial charge in [0.15, 0.2) is 0 Å². The Morgan fingerprint density at radius 3 is 2.45 bits per heavy atom. The Balaban J connectivity index is 1.71. The van der Waals surface area contributed by atoms with Crippen LogP contribution in [0.4, 0.5) is 10.8 Å². The summed E-state index contributed by atoms with van der Waals surface area (Å²) in [6, 6.07) is 18.3. The van der Waals surface area contributed by atoms with Crippen molar-refractivity contribution in [2.45, 2.75) is 6.92 Å². The Morgan fingerprint density at radius 2 is 1.65 bits per heavy atom. The van der Waals surface area contributed by atoms with Crippen molar-refractivity contribution in [1.29, 1.82) is 0 Å². The van der Waals surface area contributed by atoms with Crippen LogP contribution in [0.2, 0.25) is 0 Å². The van der Waals surface area contributed by atoms with Gasteiger partial charge in [-0.05, 0) is 18.6 Å². The molecular weight excluding hydrogens is 266 g/mol. The lowest BCUT2D eigenvalue weighted by molar-refractivity contribution is 1.31. The van der Waals surface area contributed by atoms with Crippen LogP contribution in [-0.4, -0.2) is 4.98 Å². The highest BCUT2D eigenvalue weighted by atomic mass is 32.1. The van der Waals surface area contributed by atoms with Crippen molar-refractivity contribution in [2.75, 3.05) is 10.9 Å². The number of nitrogens with zero attached hydrogens (tertiary/aromatic N) is 1. The summed E-state index contributed by atoms with van der Waals surface area (Å²) in [6.07, 6.45) is 0. The standard InChI is InChI=1S/C16H15N3S/c1-12-7-5-6-10-14(12)18-19-16-17-15(11-20-16)13-8-3-2-4-9-13/h2-11,18H,1H3,(H,17,19). The second-order valence-electron chi connectivity index (χ2n) is 4.47. The number of rotatable bonds is 4. The number of benzene rings is 2. The molecule has 4 heteroatoms. The van der Waals surface area contributed by atoms with Crippen LogP contribution in [0.1, 0.15) is 5.56 Å². The molecule has 0 radical (unpaired) electrons. The summed E-state index contributed by atoms with van der Waals surface area (Å²) >= 11 is 1.58. The first-order chi connectivity index (χ1) is 9.83. The van der Waals surface area contributed by atoms with Gasteiger partial charge in [-0.3, -0.25) is 10.9 Å². The fourth-order valence-electron chi connectivity index (χ4n) is 1.91. The van der Waals surface area contributed by atoms with Crippen LogP contribution in [-0.2, 0) is 0 Å². The van der Waals surface area contributed by atoms with Crippen molar-refractivity contribution in [1.82, 2.24) is 4.98 Å². The molecule has 3 aromatic rings. The van der Waals surface area contributed by atoms with Crippen molar-refractivity contribution in [3.8, 4) is 11.3 Å². The highest BCUT2D eigenvalue weighted by Crippen LogP contribution is 2.24. The van der Waals surface area contributed by atoms with E-state index in [0.717, 1.165) is 22.1 Å². The van der Waals surface area contributed by atoms with Gasteiger partial charge in [0.2, 0.25) is 5.13 Å². The van der Waals surface area contributed by atoms with Crippen molar-refractivity contribution in [2.24, 2.45) is 0 Å². The SMILES string of the molecule is Cc1ccccc1NNc1nc(-c2ccccc2)cs1. The summed E-state index contributed by atoms with van der Waals surface area (Å²) in [5.41, 5.74) is 10.7. The number of hydrogen-bond acceptors (Lipinski definition) is 4. The van der Waals surface area contributed by atoms with Gasteiger partial charge in [0.1, 0.15) is 0 Å². The van der Waals surface area contributed by atoms with Crippen LogP contribution in [0, 0.1) is 6.92 Å². The van der Waals surface area contributed by atoms with E-state index in [1.807, 2.05) is 36.4 Å². The maximum atomic E-state index is 4.57. The van der Waals surface area contributed by atoms with Gasteiger partial charge in [0.25, 0.3) is 0 Å². The third kappa shape index (κ3) is 2.81. The molecule has 2 aromatic carbocycles. The molecule has 0 aliphatic heterocycles. The molecule has 1 aromatic heterocycles. The Bertz CT molecular complexity index is 692. The van der Waals surface area contributed by atoms with E-state index in [-0.39, 0.29) is 0 Å². The van der Waals surface area contributed by atoms with Crippen LogP contribution >= 0.6 is 11.3 Å². The first-order valence-electron chi connectivity index (χ1n) is 6.41. The molecule has 0 atom stereocenters. The summed E-state index contributed by atoms with van der Waals surface area (Å²) in [5.74, 6) is 0. The van der Waals surface area contributed by atoms with Crippen molar-refractivity contribution < 1.29 is 0 Å². The average Bonchev–Trinajstić information content (AvgIpc) is 2.96. The fourth-order valence-corrected chi connectivity index (χ4v) is 2.58. The maximum absolute atomic E-state index is 4.57. The van der Waals surface area contributed by atoms with Crippen LogP contribution in [0.3, 0.4) is 0 Å². The van der Waals surface area contributed by atoms with E-state index in [0.29, 0.717) is 0 Å². The zero-order valence-electron chi connectivity index (χ0n) is 11.1. The highest BCUT2D eigenvalue weighted by molar-refractivity contribution is 7.14. The molecule has 0 bridgehead atoms. The molecule has 2 N–H and O–H groups in total. The first kappa shape index (κ1) is 12.7. The molecule has 0 aliphatic carbocycles. The molecule has 3 nitrogen and oxygen atoms in total. The molecule has 0 amide bonds. The minimum atomic E-state index is 0.854. The molecule has 0 saturated carbocycles. The van der Waals surface area contributed by atoms with Crippen LogP contribution in [0.15, 0.2) is 60.0 Å². The first-order valence-corrected chi connectivity index (χ1v) is 7.29. The van der Waals surface area contributed by atoms with E-state index < -0.39 is 0 Å². The van der Waals surface area contributed by atoms with Crippen molar-refractivity contribution in [3.63, 3.8) is 0 Å². The summed E-state index contributed by atoms with van der Waals surface area (Å²) in [5, 5.41) is 2.91. The Hall–Kier alpha value is -2.33. The number of aromatic nitrogens is 1. The second-order valence-corrected chi connectivity index (χ2v) is 5.33. The second kappa shape index (κ2) is 5.75. The van der Waals surface area contributed by atoms with Gasteiger partial charge in [0.05, 0.1) is 11.4 Å². The lowest BCUT2D eigenvalue weighted by Crippen LogP contribution is -2.09. The van der Waals surface area contributed by atoms with Crippen LogP contribution in [0.5, 0.6) is 0 Å². The topological polar surface area (TPSA) is 37.0 Å². The molecule has 3 rings (SSSR count). The van der Waals surface area contributed by atoms with Crippen molar-refractivity contribution in [3.05, 3.63) is 65.5 Å². The highest BCUT2D eigenvalue weighted by Gasteiger charge is 2.04. The van der Waals surface area contributed by atoms with E-state index in [4.69, 9.17) is 0 Å². The smallest absolute Gasteiger partial charge is 0.202 e. The molecule has 0 unspecified atom stereocenters. The Morgan fingerprint density at radius 1 is 0.900 bits per heavy atom. The summed E-state index contributed by atoms with van der Waals surface area (Å²) in [4.78, 5) is 4.57. The Labute approximate surface area is 122 Å². The number of para-hydroxylation sites is 1. The number of aryl methyl sites for hydroxylation is 1. The largest absolute Gasteiger partial charge is 0.299 e. The number of hydrogen-bond donors (Lipinski definition) is 2. The van der Waals surface area contributed by atoms with Crippen LogP contribution in [0.25, 0.3) is 11.3 Å². The van der Waals surface area contributed by atoms with Gasteiger partial charge in [-0.25, -0.2) is 4.98 Å². The van der Waals surface area contributed by atoms with E-state index >= 15 is 0 Å². The number of thiazole rings is 1. The molecule has 0 fully saturated rings. The van der Waals surface area contributed by atoms with Gasteiger partial charge in [-0.2, -0.15) is 0 Å². The van der Waals surface area contributed by atoms with E-state index in [9.17, 15) is 0 Å². The minimum Gasteiger partial charge on any atom is -0.299 e. The van der Waals surface area contributed by atoms with E-state index in [2.05, 4.69) is 46.3 Å². The molecular formula is C16H15N3S. The predicted molar refractivity (Wildman–Crippen MR) is 86.0 cm³/mol. The third-order valence-electron chi connectivity index (χ3n) is 3.02. The van der Waals surface area contributed by atoms with E-state index in [1.165, 1.54) is 5.56 Å². The van der Waals surface area contributed by atoms with Gasteiger partial charge in [0, 0.05) is 10.9 Å². The molecule has 100 valence electrons. The number of hydrazine groups is 1. The van der Waals surface area contributed by atoms with Crippen LogP contribution < -0.4 is 10.9 Å². The minimum absolute atomic E-state index is 0.854. The summed E-state index contributed by atoms with van der Waals surface area (Å²) in [7, 11) is 0. The van der Waals surface area contributed by atoms with Gasteiger partial charge < -0.3 is 0 Å². The average molecular weight is 281 g/mol. The molecule has 1 heterocycles. The molecule has 0 saturated heterocycles. The number of anilines is 2. The molecule has 0 spiro atoms. The van der Waals surface area contributed by atoms with Gasteiger partial charge >= 0.3 is 0 Å². The maximum Gasteiger partial charge on any atom is 0.202 e. The van der Waals surface area contributed by atoms with E-state index in [1.54, 1.807) is 11.3 Å². The zero-order chi connectivity index (χ0) is 13.8. The number of nitrogens with one attached hydrogen (secondary N) is 2. The van der Waals surface area contributed by atoms with Crippen molar-refractivity contribution >= 4 is 22.2 Å². The lowest BCUT2D eigenvalue weighted by atomic mass is 10.2.